The van der Waals surface area contributed by atoms with Crippen molar-refractivity contribution in [3.8, 4) is 0 Å². The highest BCUT2D eigenvalue weighted by Crippen LogP contribution is 2.17. The molecule has 0 saturated heterocycles. The van der Waals surface area contributed by atoms with Gasteiger partial charge in [-0.3, -0.25) is 24.5 Å². The van der Waals surface area contributed by atoms with E-state index in [4.69, 9.17) is 0 Å². The normalized spacial score (nSPS) is 13.1. The molecular formula is C21H33N3O4. The molecule has 28 heavy (non-hydrogen) atoms. The number of hydrogen-bond acceptors (Lipinski definition) is 4. The van der Waals surface area contributed by atoms with Crippen LogP contribution in [0.15, 0.2) is 30.3 Å². The van der Waals surface area contributed by atoms with E-state index >= 15 is 0 Å². The van der Waals surface area contributed by atoms with E-state index < -0.39 is 23.8 Å². The number of amides is 4. The Labute approximate surface area is 167 Å². The highest BCUT2D eigenvalue weighted by molar-refractivity contribution is 5.93. The average molecular weight is 392 g/mol. The summed E-state index contributed by atoms with van der Waals surface area (Å²) < 4.78 is 0. The Balaban J connectivity index is 0.00000352. The molecule has 0 radical (unpaired) electrons. The number of benzene rings is 1. The van der Waals surface area contributed by atoms with Crippen LogP contribution in [0, 0.1) is 11.8 Å². The van der Waals surface area contributed by atoms with E-state index in [2.05, 4.69) is 10.6 Å². The minimum atomic E-state index is -0.727. The van der Waals surface area contributed by atoms with Crippen LogP contribution in [0.1, 0.15) is 39.7 Å². The van der Waals surface area contributed by atoms with Crippen LogP contribution in [0.25, 0.3) is 0 Å². The smallest absolute Gasteiger partial charge is 0.244 e. The first kappa shape index (κ1) is 25.3. The van der Waals surface area contributed by atoms with Crippen molar-refractivity contribution in [3.05, 3.63) is 35.9 Å². The molecule has 7 nitrogen and oxygen atoms in total. The van der Waals surface area contributed by atoms with Gasteiger partial charge in [-0.25, -0.2) is 0 Å². The lowest BCUT2D eigenvalue weighted by Crippen LogP contribution is -2.51. The maximum absolute atomic E-state index is 12.7. The molecule has 0 bridgehead atoms. The summed E-state index contributed by atoms with van der Waals surface area (Å²) in [5, 5.41) is 4.85. The molecule has 0 fully saturated rings. The predicted molar refractivity (Wildman–Crippen MR) is 109 cm³/mol. The van der Waals surface area contributed by atoms with Gasteiger partial charge in [0, 0.05) is 32.4 Å². The van der Waals surface area contributed by atoms with Gasteiger partial charge in [-0.1, -0.05) is 58.0 Å². The molecule has 7 heteroatoms. The molecule has 1 rings (SSSR count). The Morgan fingerprint density at radius 1 is 1.07 bits per heavy atom. The monoisotopic (exact) mass is 391 g/mol. The van der Waals surface area contributed by atoms with Crippen LogP contribution in [0.2, 0.25) is 0 Å². The van der Waals surface area contributed by atoms with Gasteiger partial charge in [0.1, 0.15) is 6.04 Å². The molecule has 0 aliphatic carbocycles. The van der Waals surface area contributed by atoms with E-state index in [0.29, 0.717) is 19.3 Å². The van der Waals surface area contributed by atoms with Crippen LogP contribution < -0.4 is 10.6 Å². The van der Waals surface area contributed by atoms with Gasteiger partial charge in [0.25, 0.3) is 0 Å². The van der Waals surface area contributed by atoms with Crippen molar-refractivity contribution in [2.24, 2.45) is 11.8 Å². The first-order chi connectivity index (χ1) is 13.3. The lowest BCUT2D eigenvalue weighted by atomic mass is 9.89. The molecule has 0 saturated carbocycles. The highest BCUT2D eigenvalue weighted by atomic mass is 16.2. The molecule has 3 unspecified atom stereocenters. The van der Waals surface area contributed by atoms with Gasteiger partial charge in [0.2, 0.25) is 24.1 Å². The van der Waals surface area contributed by atoms with Crippen molar-refractivity contribution in [2.45, 2.75) is 46.6 Å². The van der Waals surface area contributed by atoms with Crippen LogP contribution in [0.3, 0.4) is 0 Å². The second kappa shape index (κ2) is 13.5. The summed E-state index contributed by atoms with van der Waals surface area (Å²) in [7, 11) is 3.26. The summed E-state index contributed by atoms with van der Waals surface area (Å²) in [6, 6.07) is 8.67. The zero-order chi connectivity index (χ0) is 21.7. The number of imide groups is 1. The van der Waals surface area contributed by atoms with Crippen molar-refractivity contribution < 1.29 is 19.2 Å². The lowest BCUT2D eigenvalue weighted by Gasteiger charge is -2.26. The fourth-order valence-electron chi connectivity index (χ4n) is 2.78. The van der Waals surface area contributed by atoms with E-state index in [1.54, 1.807) is 27.9 Å². The fraction of sp³-hybridized carbons (Fsp3) is 0.524. The Morgan fingerprint density at radius 3 is 2.11 bits per heavy atom. The minimum absolute atomic E-state index is 0.220. The average Bonchev–Trinajstić information content (AvgIpc) is 2.69. The van der Waals surface area contributed by atoms with Crippen molar-refractivity contribution in [1.82, 2.24) is 15.5 Å². The summed E-state index contributed by atoms with van der Waals surface area (Å²) in [4.78, 5) is 48.9. The van der Waals surface area contributed by atoms with Crippen LogP contribution in [0.5, 0.6) is 0 Å². The Bertz CT molecular complexity index is 632. The standard InChI is InChI=1S/C19H27N3O4.C2H6/c1-5-15(13(2)17(24)20-12-23)18(25)21-16(19(26)22(3)4)11-14-9-7-6-8-10-14;1-2/h6-10,12-13,15-16H,5,11H2,1-4H3,(H,21,25)(H,20,23,24);1-2H3. The van der Waals surface area contributed by atoms with E-state index in [9.17, 15) is 19.2 Å². The SMILES string of the molecule is CC.CCC(C(=O)NC(Cc1ccccc1)C(=O)N(C)C)C(C)C(=O)NC=O. The summed E-state index contributed by atoms with van der Waals surface area (Å²) >= 11 is 0. The second-order valence-electron chi connectivity index (χ2n) is 6.41. The van der Waals surface area contributed by atoms with Gasteiger partial charge < -0.3 is 10.2 Å². The lowest BCUT2D eigenvalue weighted by molar-refractivity contribution is -0.138. The molecule has 0 aliphatic heterocycles. The predicted octanol–water partition coefficient (Wildman–Crippen LogP) is 1.76. The van der Waals surface area contributed by atoms with Crippen molar-refractivity contribution in [1.29, 1.82) is 0 Å². The zero-order valence-corrected chi connectivity index (χ0v) is 17.7. The molecule has 4 amide bonds. The summed E-state index contributed by atoms with van der Waals surface area (Å²) in [5.41, 5.74) is 0.924. The molecule has 156 valence electrons. The molecule has 1 aromatic rings. The van der Waals surface area contributed by atoms with Crippen LogP contribution in [0.4, 0.5) is 0 Å². The molecule has 0 aliphatic rings. The van der Waals surface area contributed by atoms with Crippen molar-refractivity contribution in [2.75, 3.05) is 14.1 Å². The minimum Gasteiger partial charge on any atom is -0.347 e. The highest BCUT2D eigenvalue weighted by Gasteiger charge is 2.32. The number of hydrogen-bond donors (Lipinski definition) is 2. The fourth-order valence-corrected chi connectivity index (χ4v) is 2.78. The van der Waals surface area contributed by atoms with Gasteiger partial charge >= 0.3 is 0 Å². The zero-order valence-electron chi connectivity index (χ0n) is 17.7. The number of rotatable bonds is 9. The van der Waals surface area contributed by atoms with Gasteiger partial charge in [-0.05, 0) is 12.0 Å². The second-order valence-corrected chi connectivity index (χ2v) is 6.41. The van der Waals surface area contributed by atoms with Crippen LogP contribution in [-0.2, 0) is 25.6 Å². The molecule has 1 aromatic carbocycles. The Morgan fingerprint density at radius 2 is 1.64 bits per heavy atom. The van der Waals surface area contributed by atoms with E-state index in [0.717, 1.165) is 5.56 Å². The molecule has 3 atom stereocenters. The van der Waals surface area contributed by atoms with Crippen LogP contribution >= 0.6 is 0 Å². The topological polar surface area (TPSA) is 95.6 Å². The van der Waals surface area contributed by atoms with E-state index in [1.807, 2.05) is 44.2 Å². The third kappa shape index (κ3) is 7.90. The molecule has 0 aromatic heterocycles. The number of nitrogens with one attached hydrogen (secondary N) is 2. The number of carbonyl (C=O) groups excluding carboxylic acids is 4. The quantitative estimate of drug-likeness (QED) is 0.627. The third-order valence-corrected chi connectivity index (χ3v) is 4.33. The molecule has 0 spiro atoms. The van der Waals surface area contributed by atoms with Crippen molar-refractivity contribution in [3.63, 3.8) is 0 Å². The molecular weight excluding hydrogens is 358 g/mol. The number of carbonyl (C=O) groups is 4. The number of likely N-dealkylation sites (N-methyl/N-ethyl adjacent to an activating group) is 1. The van der Waals surface area contributed by atoms with Crippen molar-refractivity contribution >= 4 is 24.1 Å². The summed E-state index contributed by atoms with van der Waals surface area (Å²) in [6.45, 7) is 7.38. The Hall–Kier alpha value is -2.70. The Kier molecular flexibility index (Phi) is 12.2. The maximum Gasteiger partial charge on any atom is 0.244 e. The van der Waals surface area contributed by atoms with Gasteiger partial charge in [-0.2, -0.15) is 0 Å². The maximum atomic E-state index is 12.7. The van der Waals surface area contributed by atoms with Gasteiger partial charge in [0.05, 0.1) is 0 Å². The molecule has 2 N–H and O–H groups in total. The number of nitrogens with zero attached hydrogens (tertiary/aromatic N) is 1. The largest absolute Gasteiger partial charge is 0.347 e. The summed E-state index contributed by atoms with van der Waals surface area (Å²) in [5.74, 6) is -2.43. The van der Waals surface area contributed by atoms with E-state index in [1.165, 1.54) is 4.90 Å². The first-order valence-electron chi connectivity index (χ1n) is 9.61. The first-order valence-corrected chi connectivity index (χ1v) is 9.61. The third-order valence-electron chi connectivity index (χ3n) is 4.33. The van der Waals surface area contributed by atoms with E-state index in [-0.39, 0.29) is 11.8 Å². The van der Waals surface area contributed by atoms with Gasteiger partial charge in [0.15, 0.2) is 0 Å². The van der Waals surface area contributed by atoms with Gasteiger partial charge in [-0.15, -0.1) is 0 Å². The summed E-state index contributed by atoms with van der Waals surface area (Å²) in [6.07, 6.45) is 1.07. The van der Waals surface area contributed by atoms with Crippen LogP contribution in [-0.4, -0.2) is 49.2 Å². The molecule has 0 heterocycles.